The minimum Gasteiger partial charge on any atom is -0.493 e. The van der Waals surface area contributed by atoms with E-state index in [-0.39, 0.29) is 18.4 Å². The van der Waals surface area contributed by atoms with Gasteiger partial charge >= 0.3 is 0 Å². The minimum absolute atomic E-state index is 0.185. The van der Waals surface area contributed by atoms with Crippen LogP contribution in [0.2, 0.25) is 0 Å². The summed E-state index contributed by atoms with van der Waals surface area (Å²) >= 11 is 4.78. The molecule has 0 bridgehead atoms. The molecule has 0 aliphatic carbocycles. The second-order valence-electron chi connectivity index (χ2n) is 7.54. The Kier molecular flexibility index (Phi) is 7.89. The summed E-state index contributed by atoms with van der Waals surface area (Å²) in [5.41, 5.74) is 3.31. The highest BCUT2D eigenvalue weighted by Crippen LogP contribution is 2.36. The summed E-state index contributed by atoms with van der Waals surface area (Å²) in [6.45, 7) is 1.82. The summed E-state index contributed by atoms with van der Waals surface area (Å²) in [6, 6.07) is 20.3. The van der Waals surface area contributed by atoms with Crippen LogP contribution in [0.1, 0.15) is 11.1 Å². The van der Waals surface area contributed by atoms with Gasteiger partial charge in [0.1, 0.15) is 0 Å². The van der Waals surface area contributed by atoms with Crippen molar-refractivity contribution in [3.05, 3.63) is 87.2 Å². The SMILES string of the molecule is COc1cc(/C=C2/SC(=Nc3ccc(C)cc3)NC2=O)c(Br)cc1OCC(=O)Nc1ccccc1. The Hall–Kier alpha value is -3.56. The Morgan fingerprint density at radius 3 is 2.57 bits per heavy atom. The first kappa shape index (κ1) is 24.6. The molecule has 0 radical (unpaired) electrons. The van der Waals surface area contributed by atoms with Crippen molar-refractivity contribution in [2.45, 2.75) is 6.92 Å². The molecule has 9 heteroatoms. The number of amidine groups is 1. The van der Waals surface area contributed by atoms with Crippen LogP contribution in [0, 0.1) is 6.92 Å². The van der Waals surface area contributed by atoms with Crippen LogP contribution < -0.4 is 20.1 Å². The molecule has 7 nitrogen and oxygen atoms in total. The van der Waals surface area contributed by atoms with Gasteiger partial charge in [-0.25, -0.2) is 4.99 Å². The van der Waals surface area contributed by atoms with Crippen molar-refractivity contribution in [2.24, 2.45) is 4.99 Å². The summed E-state index contributed by atoms with van der Waals surface area (Å²) < 4.78 is 11.8. The van der Waals surface area contributed by atoms with E-state index in [1.807, 2.05) is 49.4 Å². The third kappa shape index (κ3) is 6.52. The number of carbonyl (C=O) groups excluding carboxylic acids is 2. The van der Waals surface area contributed by atoms with Crippen molar-refractivity contribution in [1.29, 1.82) is 0 Å². The molecule has 1 fully saturated rings. The molecule has 0 aromatic heterocycles. The molecule has 0 spiro atoms. The van der Waals surface area contributed by atoms with Gasteiger partial charge in [-0.15, -0.1) is 0 Å². The zero-order valence-corrected chi connectivity index (χ0v) is 21.4. The van der Waals surface area contributed by atoms with Crippen molar-refractivity contribution >= 4 is 62.1 Å². The third-order valence-electron chi connectivity index (χ3n) is 4.90. The largest absolute Gasteiger partial charge is 0.493 e. The summed E-state index contributed by atoms with van der Waals surface area (Å²) in [4.78, 5) is 29.7. The molecule has 3 aromatic carbocycles. The summed E-state index contributed by atoms with van der Waals surface area (Å²) in [6.07, 6.45) is 1.75. The standard InChI is InChI=1S/C26H22BrN3O4S/c1-16-8-10-19(11-9-16)29-26-30-25(32)23(35-26)13-17-12-21(33-2)22(14-20(17)27)34-15-24(31)28-18-6-4-3-5-7-18/h3-14H,15H2,1-2H3,(H,28,31)(H,29,30,32)/b23-13+. The lowest BCUT2D eigenvalue weighted by Crippen LogP contribution is -2.20. The Morgan fingerprint density at radius 2 is 1.86 bits per heavy atom. The lowest BCUT2D eigenvalue weighted by Gasteiger charge is -2.13. The summed E-state index contributed by atoms with van der Waals surface area (Å²) in [7, 11) is 1.51. The van der Waals surface area contributed by atoms with Gasteiger partial charge in [0.25, 0.3) is 11.8 Å². The first-order valence-electron chi connectivity index (χ1n) is 10.6. The van der Waals surface area contributed by atoms with Gasteiger partial charge in [-0.1, -0.05) is 51.8 Å². The molecule has 2 N–H and O–H groups in total. The molecule has 4 rings (SSSR count). The van der Waals surface area contributed by atoms with Crippen molar-refractivity contribution in [1.82, 2.24) is 5.32 Å². The first-order chi connectivity index (χ1) is 16.9. The van der Waals surface area contributed by atoms with E-state index in [1.165, 1.54) is 18.9 Å². The van der Waals surface area contributed by atoms with E-state index < -0.39 is 0 Å². The fraction of sp³-hybridized carbons (Fsp3) is 0.115. The number of benzene rings is 3. The normalized spacial score (nSPS) is 15.2. The van der Waals surface area contributed by atoms with E-state index in [4.69, 9.17) is 9.47 Å². The Morgan fingerprint density at radius 1 is 1.11 bits per heavy atom. The molecule has 35 heavy (non-hydrogen) atoms. The molecule has 0 unspecified atom stereocenters. The number of aliphatic imine (C=N–C) groups is 1. The number of aryl methyl sites for hydroxylation is 1. The highest BCUT2D eigenvalue weighted by molar-refractivity contribution is 9.10. The molecule has 0 atom stereocenters. The van der Waals surface area contributed by atoms with Gasteiger partial charge in [0.05, 0.1) is 17.7 Å². The van der Waals surface area contributed by atoms with Crippen LogP contribution in [0.5, 0.6) is 11.5 Å². The number of halogens is 1. The number of amides is 2. The smallest absolute Gasteiger partial charge is 0.264 e. The third-order valence-corrected chi connectivity index (χ3v) is 6.50. The van der Waals surface area contributed by atoms with Crippen molar-refractivity contribution in [2.75, 3.05) is 19.0 Å². The van der Waals surface area contributed by atoms with Gasteiger partial charge in [-0.3, -0.25) is 9.59 Å². The fourth-order valence-electron chi connectivity index (χ4n) is 3.15. The molecule has 1 saturated heterocycles. The maximum absolute atomic E-state index is 12.5. The maximum atomic E-state index is 12.5. The van der Waals surface area contributed by atoms with Gasteiger partial charge in [0.15, 0.2) is 23.3 Å². The molecule has 1 aliphatic rings. The Bertz CT molecular complexity index is 1310. The van der Waals surface area contributed by atoms with Gasteiger partial charge in [0, 0.05) is 10.2 Å². The van der Waals surface area contributed by atoms with Crippen LogP contribution >= 0.6 is 27.7 Å². The molecular weight excluding hydrogens is 530 g/mol. The molecule has 2 amide bonds. The van der Waals surface area contributed by atoms with Crippen LogP contribution in [0.4, 0.5) is 11.4 Å². The quantitative estimate of drug-likeness (QED) is 0.369. The monoisotopic (exact) mass is 551 g/mol. The van der Waals surface area contributed by atoms with Gasteiger partial charge in [-0.2, -0.15) is 0 Å². The van der Waals surface area contributed by atoms with Crippen LogP contribution in [0.15, 0.2) is 81.1 Å². The number of hydrogen-bond donors (Lipinski definition) is 2. The topological polar surface area (TPSA) is 89.0 Å². The van der Waals surface area contributed by atoms with E-state index in [0.717, 1.165) is 16.8 Å². The van der Waals surface area contributed by atoms with Crippen LogP contribution in [0.25, 0.3) is 6.08 Å². The predicted octanol–water partition coefficient (Wildman–Crippen LogP) is 5.68. The number of thioether (sulfide) groups is 1. The minimum atomic E-state index is -0.292. The number of nitrogens with zero attached hydrogens (tertiary/aromatic N) is 1. The van der Waals surface area contributed by atoms with Crippen LogP contribution in [-0.2, 0) is 9.59 Å². The van der Waals surface area contributed by atoms with Crippen LogP contribution in [-0.4, -0.2) is 30.7 Å². The number of ether oxygens (including phenoxy) is 2. The number of nitrogens with one attached hydrogen (secondary N) is 2. The van der Waals surface area contributed by atoms with E-state index in [2.05, 4.69) is 31.6 Å². The fourth-order valence-corrected chi connectivity index (χ4v) is 4.42. The molecule has 178 valence electrons. The van der Waals surface area contributed by atoms with Gasteiger partial charge in [0.2, 0.25) is 0 Å². The number of anilines is 1. The average Bonchev–Trinajstić information content (AvgIpc) is 3.19. The molecule has 1 heterocycles. The number of hydrogen-bond acceptors (Lipinski definition) is 6. The number of rotatable bonds is 7. The second-order valence-corrected chi connectivity index (χ2v) is 9.43. The van der Waals surface area contributed by atoms with Crippen molar-refractivity contribution in [3.63, 3.8) is 0 Å². The molecule has 0 saturated carbocycles. The average molecular weight is 552 g/mol. The number of methoxy groups -OCH3 is 1. The lowest BCUT2D eigenvalue weighted by atomic mass is 10.2. The van der Waals surface area contributed by atoms with Crippen LogP contribution in [0.3, 0.4) is 0 Å². The van der Waals surface area contributed by atoms with Gasteiger partial charge < -0.3 is 20.1 Å². The van der Waals surface area contributed by atoms with E-state index in [9.17, 15) is 9.59 Å². The first-order valence-corrected chi connectivity index (χ1v) is 12.2. The highest BCUT2D eigenvalue weighted by atomic mass is 79.9. The summed E-state index contributed by atoms with van der Waals surface area (Å²) in [5.74, 6) is 0.309. The maximum Gasteiger partial charge on any atom is 0.264 e. The Balaban J connectivity index is 1.47. The highest BCUT2D eigenvalue weighted by Gasteiger charge is 2.24. The Labute approximate surface area is 215 Å². The van der Waals surface area contributed by atoms with E-state index >= 15 is 0 Å². The molecule has 3 aromatic rings. The zero-order chi connectivity index (χ0) is 24.8. The zero-order valence-electron chi connectivity index (χ0n) is 19.0. The van der Waals surface area contributed by atoms with Crippen molar-refractivity contribution in [3.8, 4) is 11.5 Å². The molecular formula is C26H22BrN3O4S. The van der Waals surface area contributed by atoms with Crippen molar-refractivity contribution < 1.29 is 19.1 Å². The second kappa shape index (κ2) is 11.2. The molecule has 1 aliphatic heterocycles. The summed E-state index contributed by atoms with van der Waals surface area (Å²) in [5, 5.41) is 6.07. The van der Waals surface area contributed by atoms with E-state index in [1.54, 1.807) is 30.3 Å². The van der Waals surface area contributed by atoms with E-state index in [0.29, 0.717) is 31.7 Å². The number of para-hydroxylation sites is 1. The van der Waals surface area contributed by atoms with Gasteiger partial charge in [-0.05, 0) is 66.7 Å². The lowest BCUT2D eigenvalue weighted by molar-refractivity contribution is -0.118. The predicted molar refractivity (Wildman–Crippen MR) is 143 cm³/mol. The number of carbonyl (C=O) groups is 2.